The first-order valence-electron chi connectivity index (χ1n) is 8.88. The van der Waals surface area contributed by atoms with Gasteiger partial charge in [-0.15, -0.1) is 0 Å². The van der Waals surface area contributed by atoms with Crippen LogP contribution in [-0.2, 0) is 4.74 Å². The van der Waals surface area contributed by atoms with E-state index in [2.05, 4.69) is 4.98 Å². The number of carbonyl (C=O) groups excluding carboxylic acids is 2. The number of carbonyl (C=O) groups is 2. The van der Waals surface area contributed by atoms with Crippen molar-refractivity contribution in [2.24, 2.45) is 0 Å². The molecule has 1 aromatic carbocycles. The van der Waals surface area contributed by atoms with Crippen LogP contribution in [0.15, 0.2) is 33.5 Å². The van der Waals surface area contributed by atoms with E-state index in [0.29, 0.717) is 22.7 Å². The van der Waals surface area contributed by atoms with E-state index in [1.807, 2.05) is 6.92 Å². The molecular weight excluding hydrogens is 362 g/mol. The van der Waals surface area contributed by atoms with Crippen molar-refractivity contribution >= 4 is 22.7 Å². The van der Waals surface area contributed by atoms with Crippen LogP contribution in [0, 0.1) is 20.8 Å². The van der Waals surface area contributed by atoms with Crippen LogP contribution in [-0.4, -0.2) is 30.0 Å². The maximum absolute atomic E-state index is 12.7. The number of aromatic amines is 1. The fraction of sp³-hybridized carbons (Fsp3) is 0.286. The largest absolute Gasteiger partial charge is 0.485 e. The molecule has 1 N–H and O–H groups in total. The van der Waals surface area contributed by atoms with Crippen molar-refractivity contribution in [3.63, 3.8) is 0 Å². The van der Waals surface area contributed by atoms with Gasteiger partial charge in [-0.05, 0) is 45.4 Å². The van der Waals surface area contributed by atoms with E-state index < -0.39 is 11.6 Å². The zero-order valence-electron chi connectivity index (χ0n) is 16.2. The molecule has 3 rings (SSSR count). The third-order valence-electron chi connectivity index (χ3n) is 4.43. The van der Waals surface area contributed by atoms with Crippen LogP contribution in [0.2, 0.25) is 0 Å². The van der Waals surface area contributed by atoms with Crippen molar-refractivity contribution < 1.29 is 23.5 Å². The summed E-state index contributed by atoms with van der Waals surface area (Å²) in [5.41, 5.74) is 2.38. The molecule has 7 nitrogen and oxygen atoms in total. The number of aryl methyl sites for hydroxylation is 3. The van der Waals surface area contributed by atoms with Crippen LogP contribution in [0.5, 0.6) is 5.75 Å². The Morgan fingerprint density at radius 3 is 2.50 bits per heavy atom. The number of esters is 1. The highest BCUT2D eigenvalue weighted by molar-refractivity contribution is 6.08. The standard InChI is InChI=1S/C21H21NO6/c1-5-26-21(25)20-13(4)22-12(3)19(20)16(23)10-27-14-6-7-15-11(2)8-18(24)28-17(15)9-14/h6-9,22H,5,10H2,1-4H3. The summed E-state index contributed by atoms with van der Waals surface area (Å²) in [4.78, 5) is 39.5. The molecule has 28 heavy (non-hydrogen) atoms. The van der Waals surface area contributed by atoms with Crippen LogP contribution in [0.4, 0.5) is 0 Å². The molecule has 146 valence electrons. The van der Waals surface area contributed by atoms with Gasteiger partial charge in [0.15, 0.2) is 6.61 Å². The number of ether oxygens (including phenoxy) is 2. The van der Waals surface area contributed by atoms with Crippen LogP contribution >= 0.6 is 0 Å². The van der Waals surface area contributed by atoms with Crippen LogP contribution in [0.3, 0.4) is 0 Å². The maximum Gasteiger partial charge on any atom is 0.340 e. The summed E-state index contributed by atoms with van der Waals surface area (Å²) >= 11 is 0. The topological polar surface area (TPSA) is 98.6 Å². The summed E-state index contributed by atoms with van der Waals surface area (Å²) in [5, 5.41) is 0.792. The maximum atomic E-state index is 12.7. The van der Waals surface area contributed by atoms with E-state index in [9.17, 15) is 14.4 Å². The summed E-state index contributed by atoms with van der Waals surface area (Å²) in [6.45, 7) is 6.90. The van der Waals surface area contributed by atoms with E-state index in [1.54, 1.807) is 39.0 Å². The third kappa shape index (κ3) is 3.69. The van der Waals surface area contributed by atoms with E-state index in [4.69, 9.17) is 13.9 Å². The molecule has 0 fully saturated rings. The minimum atomic E-state index is -0.546. The van der Waals surface area contributed by atoms with Crippen molar-refractivity contribution in [2.45, 2.75) is 27.7 Å². The highest BCUT2D eigenvalue weighted by atomic mass is 16.5. The SMILES string of the molecule is CCOC(=O)c1c(C)[nH]c(C)c1C(=O)COc1ccc2c(C)cc(=O)oc2c1. The molecule has 0 radical (unpaired) electrons. The molecule has 0 spiro atoms. The molecule has 7 heteroatoms. The molecule has 0 amide bonds. The Morgan fingerprint density at radius 1 is 1.07 bits per heavy atom. The summed E-state index contributed by atoms with van der Waals surface area (Å²) < 4.78 is 15.8. The molecule has 0 aliphatic carbocycles. The number of fused-ring (bicyclic) bond motifs is 1. The molecule has 0 atom stereocenters. The molecule has 0 aliphatic heterocycles. The average molecular weight is 383 g/mol. The third-order valence-corrected chi connectivity index (χ3v) is 4.43. The summed E-state index contributed by atoms with van der Waals surface area (Å²) in [6.07, 6.45) is 0. The lowest BCUT2D eigenvalue weighted by molar-refractivity contribution is 0.0522. The Hall–Kier alpha value is -3.35. The van der Waals surface area contributed by atoms with E-state index in [1.165, 1.54) is 6.07 Å². The molecule has 2 aromatic heterocycles. The number of rotatable bonds is 6. The fourth-order valence-corrected chi connectivity index (χ4v) is 3.20. The lowest BCUT2D eigenvalue weighted by atomic mass is 10.1. The van der Waals surface area contributed by atoms with Gasteiger partial charge in [0.2, 0.25) is 5.78 Å². The monoisotopic (exact) mass is 383 g/mol. The fourth-order valence-electron chi connectivity index (χ4n) is 3.20. The average Bonchev–Trinajstić information content (AvgIpc) is 2.93. The van der Waals surface area contributed by atoms with Crippen molar-refractivity contribution in [2.75, 3.05) is 13.2 Å². The zero-order chi connectivity index (χ0) is 20.4. The Balaban J connectivity index is 1.84. The second-order valence-electron chi connectivity index (χ2n) is 6.46. The minimum Gasteiger partial charge on any atom is -0.485 e. The quantitative estimate of drug-likeness (QED) is 0.397. The van der Waals surface area contributed by atoms with Gasteiger partial charge >= 0.3 is 11.6 Å². The van der Waals surface area contributed by atoms with Gasteiger partial charge in [0, 0.05) is 28.9 Å². The molecule has 2 heterocycles. The van der Waals surface area contributed by atoms with Gasteiger partial charge in [-0.2, -0.15) is 0 Å². The number of hydrogen-bond acceptors (Lipinski definition) is 6. The van der Waals surface area contributed by atoms with Crippen molar-refractivity contribution in [1.29, 1.82) is 0 Å². The van der Waals surface area contributed by atoms with Crippen LogP contribution < -0.4 is 10.4 Å². The number of Topliss-reactive ketones (excluding diaryl/α,β-unsaturated/α-hetero) is 1. The lowest BCUT2D eigenvalue weighted by Crippen LogP contribution is -2.17. The van der Waals surface area contributed by atoms with Crippen LogP contribution in [0.1, 0.15) is 44.6 Å². The second kappa shape index (κ2) is 7.72. The van der Waals surface area contributed by atoms with E-state index >= 15 is 0 Å². The normalized spacial score (nSPS) is 10.9. The van der Waals surface area contributed by atoms with E-state index in [-0.39, 0.29) is 30.1 Å². The Bertz CT molecular complexity index is 1120. The number of ketones is 1. The van der Waals surface area contributed by atoms with Crippen molar-refractivity contribution in [3.05, 3.63) is 62.8 Å². The molecule has 0 bridgehead atoms. The molecule has 0 saturated heterocycles. The van der Waals surface area contributed by atoms with Crippen LogP contribution in [0.25, 0.3) is 11.0 Å². The Labute approximate surface area is 161 Å². The molecule has 0 saturated carbocycles. The highest BCUT2D eigenvalue weighted by Gasteiger charge is 2.25. The summed E-state index contributed by atoms with van der Waals surface area (Å²) in [6, 6.07) is 6.45. The second-order valence-corrected chi connectivity index (χ2v) is 6.46. The van der Waals surface area contributed by atoms with Crippen molar-refractivity contribution in [3.8, 4) is 5.75 Å². The highest BCUT2D eigenvalue weighted by Crippen LogP contribution is 2.24. The first-order valence-corrected chi connectivity index (χ1v) is 8.88. The zero-order valence-corrected chi connectivity index (χ0v) is 16.2. The Morgan fingerprint density at radius 2 is 1.79 bits per heavy atom. The predicted octanol–water partition coefficient (Wildman–Crippen LogP) is 3.48. The van der Waals surface area contributed by atoms with Gasteiger partial charge in [0.25, 0.3) is 0 Å². The number of H-pyrrole nitrogens is 1. The molecular formula is C21H21NO6. The minimum absolute atomic E-state index is 0.217. The number of benzene rings is 1. The Kier molecular flexibility index (Phi) is 5.35. The van der Waals surface area contributed by atoms with Gasteiger partial charge in [-0.1, -0.05) is 0 Å². The smallest absolute Gasteiger partial charge is 0.340 e. The van der Waals surface area contributed by atoms with Gasteiger partial charge in [0.05, 0.1) is 17.7 Å². The van der Waals surface area contributed by atoms with E-state index in [0.717, 1.165) is 10.9 Å². The summed E-state index contributed by atoms with van der Waals surface area (Å²) in [5.74, 6) is -0.511. The van der Waals surface area contributed by atoms with Gasteiger partial charge in [-0.25, -0.2) is 9.59 Å². The van der Waals surface area contributed by atoms with Gasteiger partial charge < -0.3 is 18.9 Å². The number of hydrogen-bond donors (Lipinski definition) is 1. The number of aromatic nitrogens is 1. The predicted molar refractivity (Wildman–Crippen MR) is 103 cm³/mol. The molecule has 0 unspecified atom stereocenters. The van der Waals surface area contributed by atoms with Gasteiger partial charge in [-0.3, -0.25) is 4.79 Å². The van der Waals surface area contributed by atoms with Crippen molar-refractivity contribution in [1.82, 2.24) is 4.98 Å². The molecule has 3 aromatic rings. The number of nitrogens with one attached hydrogen (secondary N) is 1. The van der Waals surface area contributed by atoms with Gasteiger partial charge in [0.1, 0.15) is 11.3 Å². The first kappa shape index (κ1) is 19.4. The molecule has 0 aliphatic rings. The lowest BCUT2D eigenvalue weighted by Gasteiger charge is -2.09. The first-order chi connectivity index (χ1) is 13.3. The summed E-state index contributed by atoms with van der Waals surface area (Å²) in [7, 11) is 0.